The lowest BCUT2D eigenvalue weighted by molar-refractivity contribution is 0.412. The van der Waals surface area contributed by atoms with Crippen LogP contribution in [0.25, 0.3) is 0 Å². The molecule has 0 saturated carbocycles. The SMILES string of the molecule is CC(C)(C)C1=NCCN1CCN. The minimum Gasteiger partial charge on any atom is -0.357 e. The topological polar surface area (TPSA) is 41.6 Å². The summed E-state index contributed by atoms with van der Waals surface area (Å²) in [7, 11) is 0. The predicted octanol–water partition coefficient (Wildman–Crippen LogP) is 0.705. The van der Waals surface area contributed by atoms with Gasteiger partial charge in [0.25, 0.3) is 0 Å². The van der Waals surface area contributed by atoms with Crippen LogP contribution in [0.3, 0.4) is 0 Å². The number of amidine groups is 1. The predicted molar refractivity (Wildman–Crippen MR) is 52.4 cm³/mol. The van der Waals surface area contributed by atoms with E-state index >= 15 is 0 Å². The Morgan fingerprint density at radius 2 is 2.17 bits per heavy atom. The van der Waals surface area contributed by atoms with Crippen molar-refractivity contribution in [3.05, 3.63) is 0 Å². The summed E-state index contributed by atoms with van der Waals surface area (Å²) in [5.41, 5.74) is 5.69. The van der Waals surface area contributed by atoms with Crippen molar-refractivity contribution in [3.63, 3.8) is 0 Å². The molecule has 0 spiro atoms. The Labute approximate surface area is 74.6 Å². The lowest BCUT2D eigenvalue weighted by Gasteiger charge is -2.28. The van der Waals surface area contributed by atoms with Gasteiger partial charge in [-0.05, 0) is 0 Å². The molecule has 12 heavy (non-hydrogen) atoms. The zero-order valence-electron chi connectivity index (χ0n) is 8.30. The van der Waals surface area contributed by atoms with Gasteiger partial charge >= 0.3 is 0 Å². The highest BCUT2D eigenvalue weighted by atomic mass is 15.2. The highest BCUT2D eigenvalue weighted by Crippen LogP contribution is 2.21. The molecule has 1 aliphatic rings. The van der Waals surface area contributed by atoms with Gasteiger partial charge in [-0.1, -0.05) is 20.8 Å². The summed E-state index contributed by atoms with van der Waals surface area (Å²) < 4.78 is 0. The van der Waals surface area contributed by atoms with E-state index in [4.69, 9.17) is 5.73 Å². The van der Waals surface area contributed by atoms with Gasteiger partial charge in [-0.15, -0.1) is 0 Å². The van der Waals surface area contributed by atoms with Gasteiger partial charge < -0.3 is 10.6 Å². The molecule has 0 fully saturated rings. The minimum atomic E-state index is 0.172. The summed E-state index contributed by atoms with van der Waals surface area (Å²) >= 11 is 0. The smallest absolute Gasteiger partial charge is 0.104 e. The van der Waals surface area contributed by atoms with E-state index < -0.39 is 0 Å². The molecule has 2 N–H and O–H groups in total. The number of nitrogens with zero attached hydrogens (tertiary/aromatic N) is 2. The highest BCUT2D eigenvalue weighted by Gasteiger charge is 2.27. The second-order valence-electron chi connectivity index (χ2n) is 4.23. The zero-order chi connectivity index (χ0) is 9.19. The quantitative estimate of drug-likeness (QED) is 0.661. The molecule has 0 aromatic heterocycles. The maximum atomic E-state index is 5.52. The van der Waals surface area contributed by atoms with Gasteiger partial charge in [0.15, 0.2) is 0 Å². The largest absolute Gasteiger partial charge is 0.357 e. The Hall–Kier alpha value is -0.570. The summed E-state index contributed by atoms with van der Waals surface area (Å²) in [4.78, 5) is 6.79. The number of rotatable bonds is 2. The van der Waals surface area contributed by atoms with Crippen LogP contribution in [-0.4, -0.2) is 36.9 Å². The first-order valence-corrected chi connectivity index (χ1v) is 4.55. The van der Waals surface area contributed by atoms with E-state index in [-0.39, 0.29) is 5.41 Å². The van der Waals surface area contributed by atoms with Gasteiger partial charge in [0.2, 0.25) is 0 Å². The van der Waals surface area contributed by atoms with E-state index in [1.807, 2.05) is 0 Å². The maximum Gasteiger partial charge on any atom is 0.104 e. The van der Waals surface area contributed by atoms with Crippen molar-refractivity contribution >= 4 is 5.84 Å². The Morgan fingerprint density at radius 3 is 2.67 bits per heavy atom. The van der Waals surface area contributed by atoms with E-state index in [1.54, 1.807) is 0 Å². The molecule has 3 heteroatoms. The second-order valence-corrected chi connectivity index (χ2v) is 4.23. The molecule has 1 rings (SSSR count). The molecule has 0 unspecified atom stereocenters. The lowest BCUT2D eigenvalue weighted by Crippen LogP contribution is -2.39. The average molecular weight is 169 g/mol. The van der Waals surface area contributed by atoms with E-state index in [1.165, 1.54) is 5.84 Å². The molecule has 1 heterocycles. The van der Waals surface area contributed by atoms with Crippen molar-refractivity contribution in [1.29, 1.82) is 0 Å². The van der Waals surface area contributed by atoms with Crippen LogP contribution in [0.1, 0.15) is 20.8 Å². The third-order valence-corrected chi connectivity index (χ3v) is 2.00. The summed E-state index contributed by atoms with van der Waals surface area (Å²) in [5, 5.41) is 0. The van der Waals surface area contributed by atoms with Crippen LogP contribution in [0, 0.1) is 5.41 Å². The van der Waals surface area contributed by atoms with Crippen LogP contribution in [0.4, 0.5) is 0 Å². The first-order chi connectivity index (χ1) is 5.55. The van der Waals surface area contributed by atoms with Crippen molar-refractivity contribution < 1.29 is 0 Å². The third kappa shape index (κ3) is 1.97. The van der Waals surface area contributed by atoms with E-state index in [9.17, 15) is 0 Å². The molecule has 70 valence electrons. The standard InChI is InChI=1S/C9H19N3/c1-9(2,3)8-11-5-7-12(8)6-4-10/h4-7,10H2,1-3H3. The van der Waals surface area contributed by atoms with E-state index in [0.29, 0.717) is 0 Å². The number of aliphatic imine (C=N–C) groups is 1. The van der Waals surface area contributed by atoms with Gasteiger partial charge in [0, 0.05) is 25.0 Å². The molecule has 0 atom stereocenters. The van der Waals surface area contributed by atoms with Crippen molar-refractivity contribution in [2.75, 3.05) is 26.2 Å². The van der Waals surface area contributed by atoms with Crippen molar-refractivity contribution in [3.8, 4) is 0 Å². The molecule has 0 bridgehead atoms. The Kier molecular flexibility index (Phi) is 2.73. The molecular formula is C9H19N3. The fourth-order valence-corrected chi connectivity index (χ4v) is 1.57. The Morgan fingerprint density at radius 1 is 1.50 bits per heavy atom. The summed E-state index contributed by atoms with van der Waals surface area (Å²) in [5.74, 6) is 1.22. The number of hydrogen-bond donors (Lipinski definition) is 1. The van der Waals surface area contributed by atoms with Crippen LogP contribution >= 0.6 is 0 Å². The first kappa shape index (κ1) is 9.52. The monoisotopic (exact) mass is 169 g/mol. The Bertz CT molecular complexity index is 179. The molecule has 0 aromatic carbocycles. The van der Waals surface area contributed by atoms with Gasteiger partial charge in [-0.2, -0.15) is 0 Å². The molecule has 0 aliphatic carbocycles. The molecular weight excluding hydrogens is 150 g/mol. The molecule has 0 radical (unpaired) electrons. The van der Waals surface area contributed by atoms with E-state index in [2.05, 4.69) is 30.7 Å². The fourth-order valence-electron chi connectivity index (χ4n) is 1.57. The van der Waals surface area contributed by atoms with E-state index in [0.717, 1.165) is 26.2 Å². The maximum absolute atomic E-state index is 5.52. The first-order valence-electron chi connectivity index (χ1n) is 4.55. The average Bonchev–Trinajstić information content (AvgIpc) is 2.34. The van der Waals surface area contributed by atoms with Crippen LogP contribution in [0.2, 0.25) is 0 Å². The van der Waals surface area contributed by atoms with Crippen molar-refractivity contribution in [2.45, 2.75) is 20.8 Å². The summed E-state index contributed by atoms with van der Waals surface area (Å²) in [6.45, 7) is 10.2. The lowest BCUT2D eigenvalue weighted by atomic mass is 9.94. The van der Waals surface area contributed by atoms with Crippen LogP contribution in [0.5, 0.6) is 0 Å². The summed E-state index contributed by atoms with van der Waals surface area (Å²) in [6.07, 6.45) is 0. The number of hydrogen-bond acceptors (Lipinski definition) is 3. The van der Waals surface area contributed by atoms with Crippen LogP contribution < -0.4 is 5.73 Å². The molecule has 1 aliphatic heterocycles. The minimum absolute atomic E-state index is 0.172. The van der Waals surface area contributed by atoms with Crippen molar-refractivity contribution in [2.24, 2.45) is 16.1 Å². The summed E-state index contributed by atoms with van der Waals surface area (Å²) in [6, 6.07) is 0. The van der Waals surface area contributed by atoms with Gasteiger partial charge in [0.05, 0.1) is 6.54 Å². The molecule has 3 nitrogen and oxygen atoms in total. The molecule has 0 saturated heterocycles. The molecule has 0 aromatic rings. The number of nitrogens with two attached hydrogens (primary N) is 1. The zero-order valence-corrected chi connectivity index (χ0v) is 8.30. The van der Waals surface area contributed by atoms with Gasteiger partial charge in [0.1, 0.15) is 5.84 Å². The normalized spacial score (nSPS) is 18.3. The third-order valence-electron chi connectivity index (χ3n) is 2.00. The molecule has 0 amide bonds. The van der Waals surface area contributed by atoms with Gasteiger partial charge in [-0.25, -0.2) is 0 Å². The fraction of sp³-hybridized carbons (Fsp3) is 0.889. The Balaban J connectivity index is 2.63. The van der Waals surface area contributed by atoms with Crippen LogP contribution in [-0.2, 0) is 0 Å². The van der Waals surface area contributed by atoms with Crippen LogP contribution in [0.15, 0.2) is 4.99 Å². The van der Waals surface area contributed by atoms with Crippen molar-refractivity contribution in [1.82, 2.24) is 4.90 Å². The highest BCUT2D eigenvalue weighted by molar-refractivity contribution is 5.88. The van der Waals surface area contributed by atoms with Gasteiger partial charge in [-0.3, -0.25) is 4.99 Å². The second kappa shape index (κ2) is 3.44.